The van der Waals surface area contributed by atoms with Crippen LogP contribution in [0.25, 0.3) is 5.69 Å². The molecule has 1 saturated heterocycles. The lowest BCUT2D eigenvalue weighted by Crippen LogP contribution is -2.32. The predicted octanol–water partition coefficient (Wildman–Crippen LogP) is 1.72. The number of aromatic nitrogens is 3. The second kappa shape index (κ2) is 3.96. The maximum Gasteiger partial charge on any atom is 0.354 e. The lowest BCUT2D eigenvalue weighted by Gasteiger charge is -2.26. The van der Waals surface area contributed by atoms with Crippen LogP contribution in [-0.2, 0) is 4.74 Å². The van der Waals surface area contributed by atoms with Gasteiger partial charge in [-0.1, -0.05) is 42.5 Å². The van der Waals surface area contributed by atoms with Gasteiger partial charge < -0.3 is 4.74 Å². The first kappa shape index (κ1) is 12.5. The first-order valence-electron chi connectivity index (χ1n) is 8.03. The summed E-state index contributed by atoms with van der Waals surface area (Å²) >= 11 is 0. The standard InChI is InChI=1S/C18H13N3O3/c22-17-19(10-6-2-1-3-7-10)18(23)21-16-13-11-8-4-5-9-12(11)15(24-16)14(13)20(17)21/h1-9,13-16H. The summed E-state index contributed by atoms with van der Waals surface area (Å²) in [4.78, 5) is 25.9. The van der Waals surface area contributed by atoms with E-state index in [4.69, 9.17) is 4.74 Å². The second-order valence-corrected chi connectivity index (χ2v) is 6.52. The van der Waals surface area contributed by atoms with Gasteiger partial charge in [0.1, 0.15) is 6.10 Å². The van der Waals surface area contributed by atoms with E-state index in [1.54, 1.807) is 16.8 Å². The molecule has 0 saturated carbocycles. The average molecular weight is 319 g/mol. The third kappa shape index (κ3) is 1.21. The fourth-order valence-electron chi connectivity index (χ4n) is 4.60. The van der Waals surface area contributed by atoms with E-state index in [2.05, 4.69) is 12.1 Å². The van der Waals surface area contributed by atoms with Crippen LogP contribution in [0.2, 0.25) is 0 Å². The average Bonchev–Trinajstić information content (AvgIpc) is 3.31. The summed E-state index contributed by atoms with van der Waals surface area (Å²) in [5.41, 5.74) is 2.31. The Bertz CT molecular complexity index is 1110. The van der Waals surface area contributed by atoms with Crippen molar-refractivity contribution in [2.24, 2.45) is 0 Å². The van der Waals surface area contributed by atoms with Crippen molar-refractivity contribution in [3.8, 4) is 5.69 Å². The van der Waals surface area contributed by atoms with Crippen molar-refractivity contribution in [2.75, 3.05) is 0 Å². The summed E-state index contributed by atoms with van der Waals surface area (Å²) in [5, 5.41) is 0. The highest BCUT2D eigenvalue weighted by molar-refractivity contribution is 5.44. The van der Waals surface area contributed by atoms with E-state index in [1.807, 2.05) is 30.3 Å². The summed E-state index contributed by atoms with van der Waals surface area (Å²) in [6, 6.07) is 17.0. The van der Waals surface area contributed by atoms with E-state index in [-0.39, 0.29) is 35.7 Å². The van der Waals surface area contributed by atoms with Crippen molar-refractivity contribution < 1.29 is 4.74 Å². The van der Waals surface area contributed by atoms with Crippen LogP contribution in [0.3, 0.4) is 0 Å². The van der Waals surface area contributed by atoms with Crippen molar-refractivity contribution >= 4 is 0 Å². The highest BCUT2D eigenvalue weighted by atomic mass is 16.5. The summed E-state index contributed by atoms with van der Waals surface area (Å²) in [6.45, 7) is 0. The molecule has 3 aliphatic rings. The largest absolute Gasteiger partial charge is 0.354 e. The smallest absolute Gasteiger partial charge is 0.345 e. The highest BCUT2D eigenvalue weighted by Gasteiger charge is 2.61. The second-order valence-electron chi connectivity index (χ2n) is 6.52. The monoisotopic (exact) mass is 319 g/mol. The highest BCUT2D eigenvalue weighted by Crippen LogP contribution is 2.64. The van der Waals surface area contributed by atoms with Crippen molar-refractivity contribution in [2.45, 2.75) is 24.3 Å². The molecule has 4 atom stereocenters. The Morgan fingerprint density at radius 1 is 0.792 bits per heavy atom. The first-order chi connectivity index (χ1) is 11.8. The van der Waals surface area contributed by atoms with Crippen molar-refractivity contribution in [1.29, 1.82) is 0 Å². The van der Waals surface area contributed by atoms with Gasteiger partial charge in [0.25, 0.3) is 0 Å². The quantitative estimate of drug-likeness (QED) is 0.686. The van der Waals surface area contributed by atoms with Crippen LogP contribution in [-0.4, -0.2) is 13.9 Å². The first-order valence-corrected chi connectivity index (χ1v) is 8.03. The number of hydrogen-bond acceptors (Lipinski definition) is 3. The minimum absolute atomic E-state index is 0.0528. The lowest BCUT2D eigenvalue weighted by molar-refractivity contribution is -0.0556. The van der Waals surface area contributed by atoms with Crippen LogP contribution < -0.4 is 11.4 Å². The molecule has 0 N–H and O–H groups in total. The molecule has 4 unspecified atom stereocenters. The number of benzene rings is 2. The van der Waals surface area contributed by atoms with Crippen LogP contribution in [0.15, 0.2) is 64.2 Å². The Hall–Kier alpha value is -2.86. The van der Waals surface area contributed by atoms with Gasteiger partial charge in [-0.25, -0.2) is 23.5 Å². The zero-order valence-electron chi connectivity index (χ0n) is 12.6. The SMILES string of the molecule is O=c1n(-c2ccccc2)c(=O)n2n1C1OC3c4ccccc4C1C32. The normalized spacial score (nSPS) is 28.2. The summed E-state index contributed by atoms with van der Waals surface area (Å²) in [5.74, 6) is 0.0528. The number of rotatable bonds is 1. The van der Waals surface area contributed by atoms with Gasteiger partial charge in [0.2, 0.25) is 0 Å². The fourth-order valence-corrected chi connectivity index (χ4v) is 4.60. The maximum absolute atomic E-state index is 13.0. The van der Waals surface area contributed by atoms with Crippen molar-refractivity contribution in [3.63, 3.8) is 0 Å². The zero-order valence-corrected chi connectivity index (χ0v) is 12.6. The van der Waals surface area contributed by atoms with Gasteiger partial charge in [-0.2, -0.15) is 0 Å². The minimum Gasteiger partial charge on any atom is -0.345 e. The number of nitrogens with zero attached hydrogens (tertiary/aromatic N) is 3. The molecule has 1 aromatic heterocycles. The molecule has 2 aromatic carbocycles. The number of hydrogen-bond donors (Lipinski definition) is 0. The molecule has 1 aliphatic carbocycles. The van der Waals surface area contributed by atoms with Crippen LogP contribution >= 0.6 is 0 Å². The van der Waals surface area contributed by atoms with Gasteiger partial charge in [0.05, 0.1) is 17.6 Å². The van der Waals surface area contributed by atoms with Crippen molar-refractivity contribution in [1.82, 2.24) is 13.9 Å². The molecule has 0 amide bonds. The van der Waals surface area contributed by atoms with Gasteiger partial charge in [-0.15, -0.1) is 0 Å². The lowest BCUT2D eigenvalue weighted by atomic mass is 9.98. The van der Waals surface area contributed by atoms with Gasteiger partial charge in [0.15, 0.2) is 6.23 Å². The van der Waals surface area contributed by atoms with Gasteiger partial charge in [-0.05, 0) is 23.3 Å². The summed E-state index contributed by atoms with van der Waals surface area (Å²) in [7, 11) is 0. The molecular formula is C18H13N3O3. The van der Waals surface area contributed by atoms with Crippen LogP contribution in [0.1, 0.15) is 35.4 Å². The molecule has 3 aromatic rings. The molecule has 6 rings (SSSR count). The third-order valence-electron chi connectivity index (χ3n) is 5.48. The fraction of sp³-hybridized carbons (Fsp3) is 0.222. The minimum atomic E-state index is -0.389. The molecule has 24 heavy (non-hydrogen) atoms. The van der Waals surface area contributed by atoms with Gasteiger partial charge in [0, 0.05) is 0 Å². The zero-order chi connectivity index (χ0) is 16.0. The third-order valence-corrected chi connectivity index (χ3v) is 5.48. The Labute approximate surface area is 136 Å². The molecular weight excluding hydrogens is 306 g/mol. The molecule has 2 aliphatic heterocycles. The molecule has 4 bridgehead atoms. The van der Waals surface area contributed by atoms with Gasteiger partial charge >= 0.3 is 11.4 Å². The number of para-hydroxylation sites is 1. The summed E-state index contributed by atoms with van der Waals surface area (Å²) < 4.78 is 10.4. The van der Waals surface area contributed by atoms with Gasteiger partial charge in [-0.3, -0.25) is 0 Å². The Balaban J connectivity index is 1.61. The maximum atomic E-state index is 13.0. The number of ether oxygens (including phenoxy) is 1. The van der Waals surface area contributed by atoms with E-state index in [0.717, 1.165) is 5.56 Å². The topological polar surface area (TPSA) is 58.2 Å². The van der Waals surface area contributed by atoms with Crippen molar-refractivity contribution in [3.05, 3.63) is 86.7 Å². The van der Waals surface area contributed by atoms with Crippen LogP contribution in [0.4, 0.5) is 0 Å². The predicted molar refractivity (Wildman–Crippen MR) is 85.4 cm³/mol. The van der Waals surface area contributed by atoms with E-state index in [1.165, 1.54) is 14.8 Å². The van der Waals surface area contributed by atoms with Crippen LogP contribution in [0, 0.1) is 0 Å². The Morgan fingerprint density at radius 2 is 1.46 bits per heavy atom. The molecule has 3 heterocycles. The molecule has 6 heteroatoms. The van der Waals surface area contributed by atoms with E-state index in [9.17, 15) is 9.59 Å². The number of fused-ring (bicyclic) bond motifs is 4. The Morgan fingerprint density at radius 3 is 2.25 bits per heavy atom. The molecule has 0 spiro atoms. The molecule has 118 valence electrons. The van der Waals surface area contributed by atoms with E-state index >= 15 is 0 Å². The van der Waals surface area contributed by atoms with Crippen LogP contribution in [0.5, 0.6) is 0 Å². The molecule has 6 nitrogen and oxygen atoms in total. The van der Waals surface area contributed by atoms with E-state index in [0.29, 0.717) is 5.69 Å². The molecule has 1 fully saturated rings. The molecule has 0 radical (unpaired) electrons. The Kier molecular flexibility index (Phi) is 2.07. The summed E-state index contributed by atoms with van der Waals surface area (Å²) in [6.07, 6.45) is -0.528. The van der Waals surface area contributed by atoms with E-state index < -0.39 is 0 Å².